The Morgan fingerprint density at radius 2 is 2.03 bits per heavy atom. The summed E-state index contributed by atoms with van der Waals surface area (Å²) in [5, 5.41) is 15.8. The van der Waals surface area contributed by atoms with Crippen LogP contribution < -0.4 is 15.5 Å². The average Bonchev–Trinajstić information content (AvgIpc) is 3.61. The van der Waals surface area contributed by atoms with Gasteiger partial charge in [-0.1, -0.05) is 24.3 Å². The molecule has 0 spiro atoms. The number of benzene rings is 2. The van der Waals surface area contributed by atoms with E-state index in [2.05, 4.69) is 21.6 Å². The number of anilines is 1. The quantitative estimate of drug-likeness (QED) is 0.504. The molecule has 2 aliphatic heterocycles. The van der Waals surface area contributed by atoms with Crippen LogP contribution in [0.15, 0.2) is 36.4 Å². The number of hydrogen-bond donors (Lipinski definition) is 2. The molecule has 1 saturated carbocycles. The summed E-state index contributed by atoms with van der Waals surface area (Å²) in [7, 11) is 4.03. The summed E-state index contributed by atoms with van der Waals surface area (Å²) in [6, 6.07) is 12.7. The number of hydrogen-bond acceptors (Lipinski definition) is 5. The molecule has 1 saturated heterocycles. The van der Waals surface area contributed by atoms with Gasteiger partial charge in [-0.15, -0.1) is 0 Å². The molecule has 2 fully saturated rings. The number of halogens is 1. The zero-order chi connectivity index (χ0) is 26.8. The van der Waals surface area contributed by atoms with Gasteiger partial charge in [-0.3, -0.25) is 9.59 Å². The van der Waals surface area contributed by atoms with E-state index in [9.17, 15) is 14.9 Å². The summed E-state index contributed by atoms with van der Waals surface area (Å²) in [4.78, 5) is 29.2. The van der Waals surface area contributed by atoms with Crippen molar-refractivity contribution in [1.82, 2.24) is 15.5 Å². The van der Waals surface area contributed by atoms with E-state index < -0.39 is 6.04 Å². The zero-order valence-electron chi connectivity index (χ0n) is 22.2. The summed E-state index contributed by atoms with van der Waals surface area (Å²) in [5.41, 5.74) is 4.04. The van der Waals surface area contributed by atoms with Crippen LogP contribution in [0.1, 0.15) is 43.2 Å². The van der Waals surface area contributed by atoms with Crippen molar-refractivity contribution in [2.45, 2.75) is 63.1 Å². The van der Waals surface area contributed by atoms with Crippen molar-refractivity contribution in [2.75, 3.05) is 32.1 Å². The van der Waals surface area contributed by atoms with Crippen molar-refractivity contribution in [3.63, 3.8) is 0 Å². The van der Waals surface area contributed by atoms with E-state index in [1.54, 1.807) is 6.07 Å². The highest BCUT2D eigenvalue weighted by Gasteiger charge is 2.43. The Morgan fingerprint density at radius 3 is 2.71 bits per heavy atom. The average molecular weight is 518 g/mol. The molecular weight excluding hydrogens is 481 g/mol. The molecule has 1 aliphatic carbocycles. The van der Waals surface area contributed by atoms with E-state index in [1.165, 1.54) is 6.07 Å². The molecular formula is C30H36FN5O2. The molecule has 8 heteroatoms. The molecule has 4 atom stereocenters. The molecule has 2 amide bonds. The topological polar surface area (TPSA) is 88.5 Å². The van der Waals surface area contributed by atoms with Gasteiger partial charge in [-0.2, -0.15) is 5.26 Å². The highest BCUT2D eigenvalue weighted by molar-refractivity contribution is 6.02. The molecule has 0 radical (unpaired) electrons. The molecule has 0 aromatic heterocycles. The van der Waals surface area contributed by atoms with Crippen LogP contribution in [0.4, 0.5) is 10.1 Å². The smallest absolute Gasteiger partial charge is 0.238 e. The molecule has 2 N–H and O–H groups in total. The molecule has 4 unspecified atom stereocenters. The van der Waals surface area contributed by atoms with Gasteiger partial charge in [0, 0.05) is 18.3 Å². The molecule has 2 heterocycles. The van der Waals surface area contributed by atoms with Gasteiger partial charge in [0.2, 0.25) is 11.8 Å². The first-order valence-electron chi connectivity index (χ1n) is 13.6. The lowest BCUT2D eigenvalue weighted by molar-refractivity contribution is -0.124. The predicted octanol–water partition coefficient (Wildman–Crippen LogP) is 3.41. The first kappa shape index (κ1) is 26.3. The summed E-state index contributed by atoms with van der Waals surface area (Å²) < 4.78 is 15.1. The monoisotopic (exact) mass is 517 g/mol. The van der Waals surface area contributed by atoms with Crippen molar-refractivity contribution in [3.05, 3.63) is 53.3 Å². The van der Waals surface area contributed by atoms with E-state index >= 15 is 4.39 Å². The number of rotatable bonds is 10. The van der Waals surface area contributed by atoms with Gasteiger partial charge < -0.3 is 20.4 Å². The maximum atomic E-state index is 15.1. The third-order valence-corrected chi connectivity index (χ3v) is 8.21. The Hall–Kier alpha value is -3.28. The van der Waals surface area contributed by atoms with Crippen LogP contribution in [0, 0.1) is 23.1 Å². The highest BCUT2D eigenvalue weighted by atomic mass is 19.1. The molecule has 5 rings (SSSR count). The Kier molecular flexibility index (Phi) is 7.78. The minimum absolute atomic E-state index is 0.104. The minimum Gasteiger partial charge on any atom is -0.339 e. The number of fused-ring (bicyclic) bond motifs is 3. The molecule has 2 bridgehead atoms. The minimum atomic E-state index is -0.657. The van der Waals surface area contributed by atoms with Crippen LogP contribution in [0.25, 0.3) is 11.1 Å². The Bertz CT molecular complexity index is 1260. The Morgan fingerprint density at radius 1 is 1.24 bits per heavy atom. The number of nitriles is 1. The standard InChI is InChI=1S/C30H36FN5O2/c1-35(2)12-3-13-36-27-16-21(6-7-22(27)17-28(36)37)20-5-4-19(26(31)15-20)8-11-25(18-32)34-30(38)29-23-9-10-24(14-23)33-29/h4-7,15-16,23-25,29,33H,3,8-14,17H2,1-2H3,(H,34,38). The number of aryl methyl sites for hydroxylation is 1. The van der Waals surface area contributed by atoms with E-state index in [0.717, 1.165) is 54.6 Å². The number of nitrogens with one attached hydrogen (secondary N) is 2. The lowest BCUT2D eigenvalue weighted by Crippen LogP contribution is -2.50. The SMILES string of the molecule is CN(C)CCCN1C(=O)Cc2ccc(-c3ccc(CCC(C#N)NC(=O)C4NC5CCC4C5)c(F)c3)cc21. The van der Waals surface area contributed by atoms with Crippen LogP contribution in [-0.4, -0.2) is 62.0 Å². The van der Waals surface area contributed by atoms with Crippen molar-refractivity contribution in [2.24, 2.45) is 5.92 Å². The summed E-state index contributed by atoms with van der Waals surface area (Å²) in [5.74, 6) is 0.00435. The molecule has 2 aromatic rings. The van der Waals surface area contributed by atoms with Crippen molar-refractivity contribution in [1.29, 1.82) is 5.26 Å². The van der Waals surface area contributed by atoms with Gasteiger partial charge in [0.15, 0.2) is 0 Å². The van der Waals surface area contributed by atoms with Crippen molar-refractivity contribution < 1.29 is 14.0 Å². The van der Waals surface area contributed by atoms with Gasteiger partial charge in [0.05, 0.1) is 18.5 Å². The zero-order valence-corrected chi connectivity index (χ0v) is 22.2. The Labute approximate surface area is 224 Å². The third-order valence-electron chi connectivity index (χ3n) is 8.21. The first-order chi connectivity index (χ1) is 18.3. The molecule has 7 nitrogen and oxygen atoms in total. The fourth-order valence-corrected chi connectivity index (χ4v) is 6.14. The van der Waals surface area contributed by atoms with Gasteiger partial charge in [-0.25, -0.2) is 4.39 Å². The third kappa shape index (κ3) is 5.59. The van der Waals surface area contributed by atoms with Crippen LogP contribution in [0.2, 0.25) is 0 Å². The van der Waals surface area contributed by atoms with Gasteiger partial charge in [0.1, 0.15) is 11.9 Å². The van der Waals surface area contributed by atoms with Gasteiger partial charge in [-0.05, 0) is 99.5 Å². The van der Waals surface area contributed by atoms with Crippen LogP contribution in [-0.2, 0) is 22.4 Å². The van der Waals surface area contributed by atoms with Crippen molar-refractivity contribution >= 4 is 17.5 Å². The van der Waals surface area contributed by atoms with Crippen LogP contribution in [0.5, 0.6) is 0 Å². The lowest BCUT2D eigenvalue weighted by atomic mass is 9.97. The first-order valence-corrected chi connectivity index (χ1v) is 13.6. The molecule has 38 heavy (non-hydrogen) atoms. The fourth-order valence-electron chi connectivity index (χ4n) is 6.14. The molecule has 200 valence electrons. The number of carbonyl (C=O) groups is 2. The second kappa shape index (κ2) is 11.2. The summed E-state index contributed by atoms with van der Waals surface area (Å²) >= 11 is 0. The molecule has 3 aliphatic rings. The Balaban J connectivity index is 1.21. The fraction of sp³-hybridized carbons (Fsp3) is 0.500. The number of nitrogens with zero attached hydrogens (tertiary/aromatic N) is 3. The normalized spacial score (nSPS) is 22.6. The molecule has 2 aromatic carbocycles. The van der Waals surface area contributed by atoms with E-state index in [4.69, 9.17) is 0 Å². The van der Waals surface area contributed by atoms with Crippen molar-refractivity contribution in [3.8, 4) is 17.2 Å². The van der Waals surface area contributed by atoms with E-state index in [-0.39, 0.29) is 23.7 Å². The summed E-state index contributed by atoms with van der Waals surface area (Å²) in [6.07, 6.45) is 5.19. The van der Waals surface area contributed by atoms with Crippen LogP contribution in [0.3, 0.4) is 0 Å². The largest absolute Gasteiger partial charge is 0.339 e. The van der Waals surface area contributed by atoms with E-state index in [0.29, 0.717) is 43.3 Å². The van der Waals surface area contributed by atoms with E-state index in [1.807, 2.05) is 43.3 Å². The lowest BCUT2D eigenvalue weighted by Gasteiger charge is -2.23. The second-order valence-electron chi connectivity index (χ2n) is 11.2. The van der Waals surface area contributed by atoms with Gasteiger partial charge in [0.25, 0.3) is 0 Å². The highest BCUT2D eigenvalue weighted by Crippen LogP contribution is 2.36. The van der Waals surface area contributed by atoms with Gasteiger partial charge >= 0.3 is 0 Å². The van der Waals surface area contributed by atoms with Crippen LogP contribution >= 0.6 is 0 Å². The maximum Gasteiger partial charge on any atom is 0.238 e. The summed E-state index contributed by atoms with van der Waals surface area (Å²) in [6.45, 7) is 1.57. The second-order valence-corrected chi connectivity index (χ2v) is 11.2. The number of carbonyl (C=O) groups excluding carboxylic acids is 2. The number of amides is 2. The number of piperidine rings is 1. The predicted molar refractivity (Wildman–Crippen MR) is 145 cm³/mol. The maximum absolute atomic E-state index is 15.1.